The molecule has 1 aromatic carbocycles. The highest BCUT2D eigenvalue weighted by Crippen LogP contribution is 2.48. The van der Waals surface area contributed by atoms with Gasteiger partial charge in [0.2, 0.25) is 17.7 Å². The van der Waals surface area contributed by atoms with E-state index in [1.54, 1.807) is 0 Å². The summed E-state index contributed by atoms with van der Waals surface area (Å²) in [6.45, 7) is 3.79. The van der Waals surface area contributed by atoms with Gasteiger partial charge in [-0.1, -0.05) is 19.1 Å². The number of hydrogen-bond donors (Lipinski definition) is 2. The fourth-order valence-electron chi connectivity index (χ4n) is 4.46. The van der Waals surface area contributed by atoms with Gasteiger partial charge in [-0.2, -0.15) is 0 Å². The average molecular weight is 408 g/mol. The maximum atomic E-state index is 12.6. The van der Waals surface area contributed by atoms with Crippen molar-refractivity contribution in [1.82, 2.24) is 10.2 Å². The minimum atomic E-state index is -0.331. The summed E-state index contributed by atoms with van der Waals surface area (Å²) >= 11 is 0. The van der Waals surface area contributed by atoms with Crippen molar-refractivity contribution in [1.29, 1.82) is 0 Å². The van der Waals surface area contributed by atoms with E-state index in [1.807, 2.05) is 31.2 Å². The third-order valence-electron chi connectivity index (χ3n) is 5.73. The fourth-order valence-corrected chi connectivity index (χ4v) is 4.46. The molecule has 3 saturated heterocycles. The number of amides is 3. The topological polar surface area (TPSA) is 87.7 Å². The second-order valence-corrected chi connectivity index (χ2v) is 7.45. The second kappa shape index (κ2) is 8.59. The van der Waals surface area contributed by atoms with Crippen LogP contribution in [0.4, 0.5) is 5.69 Å². The monoisotopic (exact) mass is 407 g/mol. The molecule has 7 nitrogen and oxygen atoms in total. The Labute approximate surface area is 170 Å². The quantitative estimate of drug-likeness (QED) is 0.672. The van der Waals surface area contributed by atoms with Gasteiger partial charge in [0.25, 0.3) is 0 Å². The first kappa shape index (κ1) is 20.8. The molecule has 0 spiro atoms. The van der Waals surface area contributed by atoms with Gasteiger partial charge >= 0.3 is 0 Å². The zero-order valence-corrected chi connectivity index (χ0v) is 16.7. The highest BCUT2D eigenvalue weighted by atomic mass is 35.5. The molecule has 152 valence electrons. The molecule has 2 N–H and O–H groups in total. The Hall–Kier alpha value is -1.96. The summed E-state index contributed by atoms with van der Waals surface area (Å²) in [6.07, 6.45) is 1.57. The van der Waals surface area contributed by atoms with Gasteiger partial charge in [-0.15, -0.1) is 12.4 Å². The van der Waals surface area contributed by atoms with Crippen molar-refractivity contribution >= 4 is 35.8 Å². The summed E-state index contributed by atoms with van der Waals surface area (Å²) in [5.41, 5.74) is 1.81. The number of fused-ring (bicyclic) bond motifs is 5. The molecule has 28 heavy (non-hydrogen) atoms. The molecule has 0 radical (unpaired) electrons. The zero-order valence-electron chi connectivity index (χ0n) is 15.8. The molecule has 0 saturated carbocycles. The molecule has 8 heteroatoms. The number of likely N-dealkylation sites (tertiary alicyclic amines) is 1. The van der Waals surface area contributed by atoms with Crippen LogP contribution in [-0.2, 0) is 25.7 Å². The maximum absolute atomic E-state index is 12.6. The van der Waals surface area contributed by atoms with Gasteiger partial charge in [-0.05, 0) is 37.1 Å². The van der Waals surface area contributed by atoms with Crippen molar-refractivity contribution in [2.75, 3.05) is 18.4 Å². The Morgan fingerprint density at radius 1 is 1.18 bits per heavy atom. The third kappa shape index (κ3) is 3.79. The van der Waals surface area contributed by atoms with Crippen LogP contribution in [0.25, 0.3) is 0 Å². The highest BCUT2D eigenvalue weighted by Gasteiger charge is 2.62. The third-order valence-corrected chi connectivity index (χ3v) is 5.73. The van der Waals surface area contributed by atoms with Gasteiger partial charge in [-0.25, -0.2) is 0 Å². The minimum Gasteiger partial charge on any atom is -0.373 e. The lowest BCUT2D eigenvalue weighted by Gasteiger charge is -2.17. The number of carbonyl (C=O) groups excluding carboxylic acids is 3. The second-order valence-electron chi connectivity index (χ2n) is 7.45. The molecule has 2 bridgehead atoms. The van der Waals surface area contributed by atoms with Crippen LogP contribution in [0.3, 0.4) is 0 Å². The molecule has 3 aliphatic rings. The summed E-state index contributed by atoms with van der Waals surface area (Å²) in [5.74, 6) is -1.20. The van der Waals surface area contributed by atoms with E-state index in [0.717, 1.165) is 37.2 Å². The first-order valence-corrected chi connectivity index (χ1v) is 9.68. The Balaban J connectivity index is 0.00000225. The molecule has 3 aliphatic heterocycles. The predicted molar refractivity (Wildman–Crippen MR) is 106 cm³/mol. The molecular formula is C20H26ClN3O4. The standard InChI is InChI=1S/C20H25N3O4.ClH/c1-2-21-11-12-4-3-5-13(10-12)22-16(24)8-9-23-19(25)17-14-6-7-15(27-14)18(17)20(23)26;/h3-5,10,14-15,17-18,21H,2,6-9,11H2,1H3,(H,22,24);1H. The summed E-state index contributed by atoms with van der Waals surface area (Å²) in [5, 5.41) is 6.10. The van der Waals surface area contributed by atoms with Crippen molar-refractivity contribution < 1.29 is 19.1 Å². The van der Waals surface area contributed by atoms with Crippen LogP contribution in [0.15, 0.2) is 24.3 Å². The number of carbonyl (C=O) groups is 3. The van der Waals surface area contributed by atoms with Crippen LogP contribution >= 0.6 is 12.4 Å². The number of nitrogens with zero attached hydrogens (tertiary/aromatic N) is 1. The number of imide groups is 1. The van der Waals surface area contributed by atoms with Gasteiger partial charge in [-0.3, -0.25) is 19.3 Å². The highest BCUT2D eigenvalue weighted by molar-refractivity contribution is 6.06. The number of ether oxygens (including phenoxy) is 1. The van der Waals surface area contributed by atoms with Gasteiger partial charge in [0.05, 0.1) is 24.0 Å². The summed E-state index contributed by atoms with van der Waals surface area (Å²) in [6, 6.07) is 7.65. The SMILES string of the molecule is CCNCc1cccc(NC(=O)CCN2C(=O)C3C4CCC(O4)C3C2=O)c1.Cl. The summed E-state index contributed by atoms with van der Waals surface area (Å²) in [7, 11) is 0. The van der Waals surface area contributed by atoms with Gasteiger partial charge in [0, 0.05) is 25.2 Å². The maximum Gasteiger partial charge on any atom is 0.235 e. The predicted octanol–water partition coefficient (Wildman–Crippen LogP) is 1.71. The Morgan fingerprint density at radius 2 is 1.86 bits per heavy atom. The van der Waals surface area contributed by atoms with E-state index in [-0.39, 0.29) is 67.1 Å². The van der Waals surface area contributed by atoms with E-state index in [9.17, 15) is 14.4 Å². The molecule has 4 rings (SSSR count). The lowest BCUT2D eigenvalue weighted by atomic mass is 9.81. The molecule has 1 aromatic rings. The fraction of sp³-hybridized carbons (Fsp3) is 0.550. The van der Waals surface area contributed by atoms with Crippen LogP contribution in [-0.4, -0.2) is 47.9 Å². The molecule has 0 aliphatic carbocycles. The molecule has 3 heterocycles. The van der Waals surface area contributed by atoms with Gasteiger partial charge < -0.3 is 15.4 Å². The minimum absolute atomic E-state index is 0. The van der Waals surface area contributed by atoms with E-state index in [0.29, 0.717) is 0 Å². The van der Waals surface area contributed by atoms with Crippen LogP contribution in [0, 0.1) is 11.8 Å². The Morgan fingerprint density at radius 3 is 2.50 bits per heavy atom. The summed E-state index contributed by atoms with van der Waals surface area (Å²) < 4.78 is 5.72. The molecule has 4 atom stereocenters. The number of anilines is 1. The molecular weight excluding hydrogens is 382 g/mol. The number of benzene rings is 1. The van der Waals surface area contributed by atoms with Crippen molar-refractivity contribution in [3.05, 3.63) is 29.8 Å². The van der Waals surface area contributed by atoms with Crippen molar-refractivity contribution in [3.63, 3.8) is 0 Å². The lowest BCUT2D eigenvalue weighted by Crippen LogP contribution is -2.36. The number of hydrogen-bond acceptors (Lipinski definition) is 5. The van der Waals surface area contributed by atoms with E-state index >= 15 is 0 Å². The Bertz CT molecular complexity index is 744. The number of rotatable bonds is 7. The molecule has 3 amide bonds. The van der Waals surface area contributed by atoms with Gasteiger partial charge in [0.1, 0.15) is 0 Å². The molecule has 3 fully saturated rings. The van der Waals surface area contributed by atoms with E-state index in [2.05, 4.69) is 10.6 Å². The number of nitrogens with one attached hydrogen (secondary N) is 2. The number of halogens is 1. The first-order chi connectivity index (χ1) is 13.1. The molecule has 0 aromatic heterocycles. The van der Waals surface area contributed by atoms with E-state index in [1.165, 1.54) is 4.90 Å². The lowest BCUT2D eigenvalue weighted by molar-refractivity contribution is -0.142. The Kier molecular flexibility index (Phi) is 6.37. The van der Waals surface area contributed by atoms with E-state index in [4.69, 9.17) is 4.74 Å². The molecule has 4 unspecified atom stereocenters. The van der Waals surface area contributed by atoms with Gasteiger partial charge in [0.15, 0.2) is 0 Å². The van der Waals surface area contributed by atoms with Crippen molar-refractivity contribution in [3.8, 4) is 0 Å². The van der Waals surface area contributed by atoms with E-state index < -0.39 is 0 Å². The first-order valence-electron chi connectivity index (χ1n) is 9.68. The van der Waals surface area contributed by atoms with Crippen LogP contribution < -0.4 is 10.6 Å². The average Bonchev–Trinajstić information content (AvgIpc) is 3.33. The largest absolute Gasteiger partial charge is 0.373 e. The zero-order chi connectivity index (χ0) is 19.0. The van der Waals surface area contributed by atoms with Crippen LogP contribution in [0.1, 0.15) is 31.7 Å². The van der Waals surface area contributed by atoms with Crippen LogP contribution in [0.5, 0.6) is 0 Å². The van der Waals surface area contributed by atoms with Crippen molar-refractivity contribution in [2.24, 2.45) is 11.8 Å². The smallest absolute Gasteiger partial charge is 0.235 e. The normalized spacial score (nSPS) is 27.7. The summed E-state index contributed by atoms with van der Waals surface area (Å²) in [4.78, 5) is 38.7. The van der Waals surface area contributed by atoms with Crippen LogP contribution in [0.2, 0.25) is 0 Å². The van der Waals surface area contributed by atoms with Crippen molar-refractivity contribution in [2.45, 2.75) is 44.9 Å².